The largest absolute Gasteiger partial charge is 0.433 e. The summed E-state index contributed by atoms with van der Waals surface area (Å²) in [6.45, 7) is 1.40. The number of aliphatic hydroxyl groups excluding tert-OH is 1. The molecular formula is C9H13NO3. The average molecular weight is 183 g/mol. The number of esters is 1. The number of nitrogens with zero attached hydrogens (tertiary/aromatic N) is 1. The summed E-state index contributed by atoms with van der Waals surface area (Å²) in [5.41, 5.74) is 0.547. The maximum atomic E-state index is 11.2. The van der Waals surface area contributed by atoms with Crippen LogP contribution in [-0.2, 0) is 9.53 Å². The second-order valence-electron chi connectivity index (χ2n) is 2.91. The first-order chi connectivity index (χ1) is 6.09. The monoisotopic (exact) mass is 183 g/mol. The standard InChI is InChI=1S/C9H13NO3/c1-7(11)13-9(12)8-4-3-5-10(2)6-8/h3,5-7,11H,4H2,1-2H3. The Labute approximate surface area is 77.1 Å². The Kier molecular flexibility index (Phi) is 3.08. The summed E-state index contributed by atoms with van der Waals surface area (Å²) in [4.78, 5) is 13.0. The number of allylic oxidation sites excluding steroid dienone is 1. The lowest BCUT2D eigenvalue weighted by Crippen LogP contribution is -2.18. The van der Waals surface area contributed by atoms with Crippen LogP contribution in [-0.4, -0.2) is 29.3 Å². The molecule has 0 saturated heterocycles. The molecule has 1 N–H and O–H groups in total. The van der Waals surface area contributed by atoms with E-state index in [0.717, 1.165) is 0 Å². The van der Waals surface area contributed by atoms with Crippen molar-refractivity contribution >= 4 is 5.97 Å². The van der Waals surface area contributed by atoms with E-state index < -0.39 is 12.3 Å². The quantitative estimate of drug-likeness (QED) is 0.503. The van der Waals surface area contributed by atoms with Gasteiger partial charge in [0, 0.05) is 19.7 Å². The van der Waals surface area contributed by atoms with Crippen molar-refractivity contribution in [2.75, 3.05) is 7.05 Å². The second-order valence-corrected chi connectivity index (χ2v) is 2.91. The molecule has 4 nitrogen and oxygen atoms in total. The first kappa shape index (κ1) is 9.80. The van der Waals surface area contributed by atoms with Crippen molar-refractivity contribution in [1.82, 2.24) is 4.90 Å². The number of ether oxygens (including phenoxy) is 1. The SMILES string of the molecule is CC(O)OC(=O)C1=CN(C)C=CC1. The normalized spacial score (nSPS) is 18.1. The molecule has 0 aromatic heterocycles. The fourth-order valence-electron chi connectivity index (χ4n) is 1.05. The molecule has 72 valence electrons. The van der Waals surface area contributed by atoms with Crippen LogP contribution in [0, 0.1) is 0 Å². The molecule has 0 bridgehead atoms. The van der Waals surface area contributed by atoms with Crippen molar-refractivity contribution in [2.24, 2.45) is 0 Å². The summed E-state index contributed by atoms with van der Waals surface area (Å²) in [5, 5.41) is 8.82. The smallest absolute Gasteiger partial charge is 0.338 e. The molecule has 1 aliphatic heterocycles. The number of carbonyl (C=O) groups is 1. The van der Waals surface area contributed by atoms with Crippen molar-refractivity contribution in [3.63, 3.8) is 0 Å². The maximum Gasteiger partial charge on any atom is 0.338 e. The van der Waals surface area contributed by atoms with Gasteiger partial charge in [-0.15, -0.1) is 0 Å². The first-order valence-electron chi connectivity index (χ1n) is 4.08. The van der Waals surface area contributed by atoms with E-state index in [-0.39, 0.29) is 0 Å². The minimum atomic E-state index is -1.05. The third kappa shape index (κ3) is 2.91. The van der Waals surface area contributed by atoms with E-state index in [4.69, 9.17) is 5.11 Å². The van der Waals surface area contributed by atoms with Gasteiger partial charge in [-0.3, -0.25) is 0 Å². The van der Waals surface area contributed by atoms with Gasteiger partial charge in [-0.05, 0) is 13.1 Å². The molecule has 0 fully saturated rings. The molecule has 1 unspecified atom stereocenters. The highest BCUT2D eigenvalue weighted by Gasteiger charge is 2.14. The number of carbonyl (C=O) groups excluding carboxylic acids is 1. The van der Waals surface area contributed by atoms with Crippen LogP contribution in [0.15, 0.2) is 24.0 Å². The summed E-state index contributed by atoms with van der Waals surface area (Å²) < 4.78 is 4.63. The van der Waals surface area contributed by atoms with E-state index in [1.807, 2.05) is 19.3 Å². The third-order valence-electron chi connectivity index (χ3n) is 1.58. The molecule has 1 heterocycles. The van der Waals surface area contributed by atoms with E-state index in [0.29, 0.717) is 12.0 Å². The van der Waals surface area contributed by atoms with Gasteiger partial charge in [0.15, 0.2) is 6.29 Å². The van der Waals surface area contributed by atoms with Gasteiger partial charge >= 0.3 is 5.97 Å². The van der Waals surface area contributed by atoms with Crippen LogP contribution in [0.1, 0.15) is 13.3 Å². The molecule has 1 aliphatic rings. The summed E-state index contributed by atoms with van der Waals surface area (Å²) in [6.07, 6.45) is 4.91. The summed E-state index contributed by atoms with van der Waals surface area (Å²) in [5.74, 6) is -0.466. The van der Waals surface area contributed by atoms with Gasteiger partial charge < -0.3 is 14.7 Å². The molecular weight excluding hydrogens is 170 g/mol. The molecule has 0 spiro atoms. The lowest BCUT2D eigenvalue weighted by atomic mass is 10.1. The van der Waals surface area contributed by atoms with Gasteiger partial charge in [-0.25, -0.2) is 4.79 Å². The highest BCUT2D eigenvalue weighted by Crippen LogP contribution is 2.12. The van der Waals surface area contributed by atoms with Crippen LogP contribution in [0.25, 0.3) is 0 Å². The van der Waals surface area contributed by atoms with Gasteiger partial charge in [-0.1, -0.05) is 6.08 Å². The fraction of sp³-hybridized carbons (Fsp3) is 0.444. The van der Waals surface area contributed by atoms with Crippen molar-refractivity contribution in [3.8, 4) is 0 Å². The summed E-state index contributed by atoms with van der Waals surface area (Å²) in [6, 6.07) is 0. The predicted molar refractivity (Wildman–Crippen MR) is 47.4 cm³/mol. The van der Waals surface area contributed by atoms with Crippen LogP contribution in [0.5, 0.6) is 0 Å². The van der Waals surface area contributed by atoms with Crippen LogP contribution in [0.2, 0.25) is 0 Å². The molecule has 0 aromatic rings. The zero-order valence-electron chi connectivity index (χ0n) is 7.73. The van der Waals surface area contributed by atoms with Gasteiger partial charge in [0.2, 0.25) is 0 Å². The predicted octanol–water partition coefficient (Wildman–Crippen LogP) is 0.601. The summed E-state index contributed by atoms with van der Waals surface area (Å²) >= 11 is 0. The second kappa shape index (κ2) is 4.09. The Morgan fingerprint density at radius 3 is 3.00 bits per heavy atom. The third-order valence-corrected chi connectivity index (χ3v) is 1.58. The highest BCUT2D eigenvalue weighted by molar-refractivity contribution is 5.88. The fourth-order valence-corrected chi connectivity index (χ4v) is 1.05. The first-order valence-corrected chi connectivity index (χ1v) is 4.08. The molecule has 1 rings (SSSR count). The summed E-state index contributed by atoms with van der Waals surface area (Å²) in [7, 11) is 1.82. The Morgan fingerprint density at radius 2 is 2.46 bits per heavy atom. The van der Waals surface area contributed by atoms with Crippen molar-refractivity contribution in [3.05, 3.63) is 24.0 Å². The van der Waals surface area contributed by atoms with Crippen molar-refractivity contribution < 1.29 is 14.6 Å². The van der Waals surface area contributed by atoms with E-state index in [2.05, 4.69) is 4.74 Å². The van der Waals surface area contributed by atoms with E-state index >= 15 is 0 Å². The van der Waals surface area contributed by atoms with Crippen LogP contribution in [0.3, 0.4) is 0 Å². The zero-order chi connectivity index (χ0) is 9.84. The van der Waals surface area contributed by atoms with Crippen molar-refractivity contribution in [1.29, 1.82) is 0 Å². The maximum absolute atomic E-state index is 11.2. The van der Waals surface area contributed by atoms with Crippen LogP contribution >= 0.6 is 0 Å². The minimum Gasteiger partial charge on any atom is -0.433 e. The number of hydrogen-bond donors (Lipinski definition) is 1. The Bertz CT molecular complexity index is 256. The molecule has 1 atom stereocenters. The lowest BCUT2D eigenvalue weighted by molar-refractivity contribution is -0.159. The topological polar surface area (TPSA) is 49.8 Å². The van der Waals surface area contributed by atoms with E-state index in [1.54, 1.807) is 11.1 Å². The molecule has 13 heavy (non-hydrogen) atoms. The van der Waals surface area contributed by atoms with Gasteiger partial charge in [-0.2, -0.15) is 0 Å². The minimum absolute atomic E-state index is 0.466. The molecule has 0 aliphatic carbocycles. The number of rotatable bonds is 2. The van der Waals surface area contributed by atoms with Crippen LogP contribution in [0.4, 0.5) is 0 Å². The molecule has 0 amide bonds. The number of hydrogen-bond acceptors (Lipinski definition) is 4. The van der Waals surface area contributed by atoms with Crippen LogP contribution < -0.4 is 0 Å². The van der Waals surface area contributed by atoms with Crippen molar-refractivity contribution in [2.45, 2.75) is 19.6 Å². The van der Waals surface area contributed by atoms with Gasteiger partial charge in [0.1, 0.15) is 0 Å². The average Bonchev–Trinajstić information content (AvgIpc) is 2.03. The lowest BCUT2D eigenvalue weighted by Gasteiger charge is -2.16. The molecule has 0 aromatic carbocycles. The molecule has 0 saturated carbocycles. The Hall–Kier alpha value is -1.29. The zero-order valence-corrected chi connectivity index (χ0v) is 7.73. The van der Waals surface area contributed by atoms with Gasteiger partial charge in [0.05, 0.1) is 5.57 Å². The highest BCUT2D eigenvalue weighted by atomic mass is 16.6. The molecule has 0 radical (unpaired) electrons. The Morgan fingerprint density at radius 1 is 1.77 bits per heavy atom. The Balaban J connectivity index is 2.57. The number of aliphatic hydroxyl groups is 1. The van der Waals surface area contributed by atoms with E-state index in [1.165, 1.54) is 6.92 Å². The molecule has 4 heteroatoms. The van der Waals surface area contributed by atoms with Gasteiger partial charge in [0.25, 0.3) is 0 Å². The van der Waals surface area contributed by atoms with E-state index in [9.17, 15) is 4.79 Å².